The van der Waals surface area contributed by atoms with Gasteiger partial charge in [-0.3, -0.25) is 19.1 Å². The van der Waals surface area contributed by atoms with Gasteiger partial charge in [-0.1, -0.05) is 12.1 Å². The fraction of sp³-hybridized carbons (Fsp3) is 0.400. The van der Waals surface area contributed by atoms with Gasteiger partial charge in [0.15, 0.2) is 5.82 Å². The zero-order chi connectivity index (χ0) is 25.6. The number of imidazole rings is 1. The van der Waals surface area contributed by atoms with E-state index < -0.39 is 10.0 Å². The van der Waals surface area contributed by atoms with E-state index in [0.717, 1.165) is 61.6 Å². The lowest BCUT2D eigenvalue weighted by Gasteiger charge is -2.31. The van der Waals surface area contributed by atoms with Gasteiger partial charge in [0.2, 0.25) is 16.0 Å². The van der Waals surface area contributed by atoms with Gasteiger partial charge in [-0.15, -0.1) is 0 Å². The Kier molecular flexibility index (Phi) is 6.09. The summed E-state index contributed by atoms with van der Waals surface area (Å²) in [7, 11) is -1.24. The zero-order valence-corrected chi connectivity index (χ0v) is 21.8. The summed E-state index contributed by atoms with van der Waals surface area (Å²) in [6.45, 7) is 4.89. The van der Waals surface area contributed by atoms with E-state index >= 15 is 0 Å². The van der Waals surface area contributed by atoms with Gasteiger partial charge >= 0.3 is 0 Å². The summed E-state index contributed by atoms with van der Waals surface area (Å²) in [5, 5.41) is 11.0. The maximum atomic E-state index is 11.8. The van der Waals surface area contributed by atoms with E-state index in [-0.39, 0.29) is 0 Å². The number of hydrogen-bond acceptors (Lipinski definition) is 8. The van der Waals surface area contributed by atoms with Crippen LogP contribution in [0.5, 0.6) is 0 Å². The van der Waals surface area contributed by atoms with Crippen LogP contribution in [-0.4, -0.2) is 82.3 Å². The van der Waals surface area contributed by atoms with E-state index in [1.807, 2.05) is 34.9 Å². The second kappa shape index (κ2) is 9.43. The lowest BCUT2D eigenvalue weighted by Crippen LogP contribution is -2.43. The topological polar surface area (TPSA) is 124 Å². The van der Waals surface area contributed by atoms with Crippen molar-refractivity contribution in [2.24, 2.45) is 0 Å². The first-order valence-electron chi connectivity index (χ1n) is 12.5. The quantitative estimate of drug-likeness (QED) is 0.323. The molecule has 1 aliphatic heterocycles. The van der Waals surface area contributed by atoms with Crippen LogP contribution in [0.4, 0.5) is 17.5 Å². The Balaban J connectivity index is 1.36. The molecule has 2 aliphatic rings. The molecule has 0 radical (unpaired) electrons. The van der Waals surface area contributed by atoms with E-state index in [4.69, 9.17) is 9.97 Å². The lowest BCUT2D eigenvalue weighted by molar-refractivity contribution is 0.147. The van der Waals surface area contributed by atoms with Crippen LogP contribution in [0, 0.1) is 0 Å². The number of aromatic nitrogens is 5. The monoisotopic (exact) mass is 521 g/mol. The minimum atomic E-state index is -3.39. The molecule has 0 atom stereocenters. The highest BCUT2D eigenvalue weighted by Crippen LogP contribution is 2.39. The fourth-order valence-electron chi connectivity index (χ4n) is 4.66. The number of anilines is 3. The first-order valence-corrected chi connectivity index (χ1v) is 14.4. The Hall–Kier alpha value is -3.48. The number of likely N-dealkylation sites (N-methyl/N-ethyl adjacent to an activating group) is 1. The average Bonchev–Trinajstić information content (AvgIpc) is 3.45. The van der Waals surface area contributed by atoms with E-state index in [0.29, 0.717) is 29.1 Å². The molecule has 3 N–H and O–H groups in total. The summed E-state index contributed by atoms with van der Waals surface area (Å²) in [6.07, 6.45) is 5.55. The van der Waals surface area contributed by atoms with Crippen molar-refractivity contribution in [3.63, 3.8) is 0 Å². The highest BCUT2D eigenvalue weighted by atomic mass is 32.2. The smallest absolute Gasteiger partial charge is 0.229 e. The number of nitrogens with one attached hydrogen (secondary N) is 3. The number of hydrogen-bond donors (Lipinski definition) is 3. The fourth-order valence-corrected chi connectivity index (χ4v) is 5.22. The van der Waals surface area contributed by atoms with Gasteiger partial charge in [0.05, 0.1) is 17.6 Å². The molecule has 6 rings (SSSR count). The van der Waals surface area contributed by atoms with Crippen molar-refractivity contribution in [1.29, 1.82) is 0 Å². The molecular weight excluding hydrogens is 490 g/mol. The van der Waals surface area contributed by atoms with Gasteiger partial charge in [-0.25, -0.2) is 18.4 Å². The molecule has 4 aromatic rings. The first kappa shape index (κ1) is 23.9. The number of nitrogens with zero attached hydrogens (tertiary/aromatic N) is 6. The Morgan fingerprint density at radius 1 is 1.08 bits per heavy atom. The molecule has 2 fully saturated rings. The van der Waals surface area contributed by atoms with Crippen molar-refractivity contribution in [2.75, 3.05) is 49.5 Å². The van der Waals surface area contributed by atoms with Crippen LogP contribution in [0.2, 0.25) is 0 Å². The Bertz CT molecular complexity index is 1530. The molecule has 3 aromatic heterocycles. The number of benzene rings is 1. The molecule has 1 aliphatic carbocycles. The van der Waals surface area contributed by atoms with E-state index in [1.165, 1.54) is 12.8 Å². The molecule has 0 amide bonds. The molecule has 0 bridgehead atoms. The molecule has 11 nitrogen and oxygen atoms in total. The standard InChI is InChI=1S/C25H31N9O2S/c1-32-8-10-33(11-9-32)15-20-16-34-24(26-20)14-21(18-4-3-5-19(12-18)31-37(2,35)36)27-25(34)28-23-13-22(29-30-23)17-6-7-17/h3-5,12-14,16-17,31H,6-11,15H2,1-2H3,(H2,27,28,29,30). The molecule has 194 valence electrons. The van der Waals surface area contributed by atoms with Gasteiger partial charge in [-0.2, -0.15) is 5.10 Å². The van der Waals surface area contributed by atoms with Gasteiger partial charge in [0.25, 0.3) is 0 Å². The SMILES string of the molecule is CN1CCN(Cc2cn3c(Nc4cc(C5CC5)[nH]n4)nc(-c4cccc(NS(C)(=O)=O)c4)cc3n2)CC1. The molecule has 1 aromatic carbocycles. The molecule has 37 heavy (non-hydrogen) atoms. The zero-order valence-electron chi connectivity index (χ0n) is 21.0. The largest absolute Gasteiger partial charge is 0.308 e. The number of piperazine rings is 1. The van der Waals surface area contributed by atoms with Crippen LogP contribution in [0.15, 0.2) is 42.6 Å². The summed E-state index contributed by atoms with van der Waals surface area (Å²) in [6, 6.07) is 11.2. The summed E-state index contributed by atoms with van der Waals surface area (Å²) in [5.74, 6) is 1.87. The second-order valence-electron chi connectivity index (χ2n) is 10.1. The molecule has 12 heteroatoms. The van der Waals surface area contributed by atoms with Crippen LogP contribution < -0.4 is 10.0 Å². The maximum Gasteiger partial charge on any atom is 0.229 e. The van der Waals surface area contributed by atoms with Gasteiger partial charge in [0.1, 0.15) is 5.65 Å². The predicted octanol–water partition coefficient (Wildman–Crippen LogP) is 2.86. The Morgan fingerprint density at radius 3 is 2.65 bits per heavy atom. The van der Waals surface area contributed by atoms with Gasteiger partial charge in [0, 0.05) is 73.9 Å². The first-order chi connectivity index (χ1) is 17.8. The third kappa shape index (κ3) is 5.60. The van der Waals surface area contributed by atoms with Crippen molar-refractivity contribution in [3.8, 4) is 11.3 Å². The second-order valence-corrected chi connectivity index (χ2v) is 11.8. The lowest BCUT2D eigenvalue weighted by atomic mass is 10.1. The highest BCUT2D eigenvalue weighted by Gasteiger charge is 2.26. The van der Waals surface area contributed by atoms with Gasteiger partial charge in [-0.05, 0) is 32.0 Å². The summed E-state index contributed by atoms with van der Waals surface area (Å²) >= 11 is 0. The van der Waals surface area contributed by atoms with Crippen LogP contribution in [0.25, 0.3) is 16.9 Å². The van der Waals surface area contributed by atoms with Crippen LogP contribution in [-0.2, 0) is 16.6 Å². The van der Waals surface area contributed by atoms with E-state index in [2.05, 4.69) is 37.1 Å². The molecule has 1 saturated carbocycles. The number of sulfonamides is 1. The average molecular weight is 522 g/mol. The van der Waals surface area contributed by atoms with Gasteiger partial charge < -0.3 is 10.2 Å². The Labute approximate surface area is 216 Å². The molecule has 1 saturated heterocycles. The van der Waals surface area contributed by atoms with Crippen molar-refractivity contribution in [3.05, 3.63) is 54.0 Å². The molecule has 0 unspecified atom stereocenters. The minimum Gasteiger partial charge on any atom is -0.308 e. The van der Waals surface area contributed by atoms with Crippen molar-refractivity contribution in [1.82, 2.24) is 34.4 Å². The number of aromatic amines is 1. The van der Waals surface area contributed by atoms with Crippen molar-refractivity contribution < 1.29 is 8.42 Å². The molecular formula is C25H31N9O2S. The van der Waals surface area contributed by atoms with E-state index in [1.54, 1.807) is 12.1 Å². The molecule has 0 spiro atoms. The Morgan fingerprint density at radius 2 is 1.89 bits per heavy atom. The van der Waals surface area contributed by atoms with Crippen LogP contribution in [0.1, 0.15) is 30.1 Å². The predicted molar refractivity (Wildman–Crippen MR) is 144 cm³/mol. The third-order valence-corrected chi connectivity index (χ3v) is 7.41. The summed E-state index contributed by atoms with van der Waals surface area (Å²) < 4.78 is 28.0. The van der Waals surface area contributed by atoms with E-state index in [9.17, 15) is 8.42 Å². The third-order valence-electron chi connectivity index (χ3n) is 6.80. The van der Waals surface area contributed by atoms with Crippen molar-refractivity contribution >= 4 is 33.1 Å². The van der Waals surface area contributed by atoms with Crippen molar-refractivity contribution in [2.45, 2.75) is 25.3 Å². The number of fused-ring (bicyclic) bond motifs is 1. The maximum absolute atomic E-state index is 11.8. The number of rotatable bonds is 8. The summed E-state index contributed by atoms with van der Waals surface area (Å²) in [5.41, 5.74) is 4.81. The van der Waals surface area contributed by atoms with Crippen LogP contribution in [0.3, 0.4) is 0 Å². The molecule has 4 heterocycles. The number of H-pyrrole nitrogens is 1. The van der Waals surface area contributed by atoms with Crippen LogP contribution >= 0.6 is 0 Å². The highest BCUT2D eigenvalue weighted by molar-refractivity contribution is 7.92. The normalized spacial score (nSPS) is 17.4. The minimum absolute atomic E-state index is 0.483. The summed E-state index contributed by atoms with van der Waals surface area (Å²) in [4.78, 5) is 14.6.